The molecule has 0 saturated heterocycles. The Hall–Kier alpha value is -0.0800. The molecule has 0 aromatic carbocycles. The van der Waals surface area contributed by atoms with Gasteiger partial charge in [0.2, 0.25) is 0 Å². The molecule has 1 saturated carbocycles. The molecule has 3 atom stereocenters. The van der Waals surface area contributed by atoms with Gasteiger partial charge in [0.25, 0.3) is 0 Å². The van der Waals surface area contributed by atoms with Crippen LogP contribution >= 0.6 is 0 Å². The van der Waals surface area contributed by atoms with Gasteiger partial charge in [0.05, 0.1) is 0 Å². The van der Waals surface area contributed by atoms with E-state index in [4.69, 9.17) is 5.11 Å². The minimum Gasteiger partial charge on any atom is -0.396 e. The Bertz CT molecular complexity index is 161. The van der Waals surface area contributed by atoms with Gasteiger partial charge in [-0.3, -0.25) is 0 Å². The molecule has 0 aromatic heterocycles. The summed E-state index contributed by atoms with van der Waals surface area (Å²) in [6, 6.07) is 0. The predicted molar refractivity (Wildman–Crippen MR) is 64.9 cm³/mol. The molecule has 2 heteroatoms. The maximum atomic E-state index is 8.80. The normalized spacial score (nSPS) is 29.0. The Morgan fingerprint density at radius 1 is 1.33 bits per heavy atom. The topological polar surface area (TPSA) is 32.3 Å². The van der Waals surface area contributed by atoms with Crippen molar-refractivity contribution in [2.75, 3.05) is 19.7 Å². The molecule has 0 amide bonds. The highest BCUT2D eigenvalue weighted by Crippen LogP contribution is 2.28. The largest absolute Gasteiger partial charge is 0.396 e. The summed E-state index contributed by atoms with van der Waals surface area (Å²) in [7, 11) is 0. The average Bonchev–Trinajstić information content (AvgIpc) is 2.21. The number of aliphatic hydroxyl groups is 1. The zero-order valence-electron chi connectivity index (χ0n) is 10.3. The molecule has 0 spiro atoms. The van der Waals surface area contributed by atoms with Gasteiger partial charge in [-0.15, -0.1) is 0 Å². The Morgan fingerprint density at radius 3 is 2.73 bits per heavy atom. The lowest BCUT2D eigenvalue weighted by Crippen LogP contribution is -2.32. The van der Waals surface area contributed by atoms with E-state index in [0.29, 0.717) is 12.5 Å². The van der Waals surface area contributed by atoms with Crippen molar-refractivity contribution in [2.24, 2.45) is 17.8 Å². The SMILES string of the molecule is C[C@H](CCO)CNC[C@H]1CCCC[C@H]1C. The van der Waals surface area contributed by atoms with E-state index in [1.165, 1.54) is 32.2 Å². The Morgan fingerprint density at radius 2 is 2.07 bits per heavy atom. The van der Waals surface area contributed by atoms with Crippen molar-refractivity contribution in [1.82, 2.24) is 5.32 Å². The van der Waals surface area contributed by atoms with Gasteiger partial charge < -0.3 is 10.4 Å². The number of rotatable bonds is 6. The molecule has 1 fully saturated rings. The maximum Gasteiger partial charge on any atom is 0.0434 e. The van der Waals surface area contributed by atoms with Crippen LogP contribution in [0.3, 0.4) is 0 Å². The van der Waals surface area contributed by atoms with Gasteiger partial charge in [0.15, 0.2) is 0 Å². The summed E-state index contributed by atoms with van der Waals surface area (Å²) >= 11 is 0. The zero-order valence-corrected chi connectivity index (χ0v) is 10.3. The van der Waals surface area contributed by atoms with Crippen molar-refractivity contribution >= 4 is 0 Å². The van der Waals surface area contributed by atoms with Crippen LogP contribution in [0.1, 0.15) is 46.0 Å². The number of aliphatic hydroxyl groups excluding tert-OH is 1. The Labute approximate surface area is 94.5 Å². The number of hydrogen-bond donors (Lipinski definition) is 2. The van der Waals surface area contributed by atoms with Gasteiger partial charge in [0, 0.05) is 6.61 Å². The van der Waals surface area contributed by atoms with Crippen LogP contribution in [0.25, 0.3) is 0 Å². The molecule has 1 aliphatic carbocycles. The first-order valence-electron chi connectivity index (χ1n) is 6.55. The third kappa shape index (κ3) is 4.98. The van der Waals surface area contributed by atoms with Crippen molar-refractivity contribution in [3.63, 3.8) is 0 Å². The second kappa shape index (κ2) is 7.24. The van der Waals surface area contributed by atoms with E-state index in [-0.39, 0.29) is 0 Å². The maximum absolute atomic E-state index is 8.80. The predicted octanol–water partition coefficient (Wildman–Crippen LogP) is 2.42. The van der Waals surface area contributed by atoms with E-state index in [2.05, 4.69) is 19.2 Å². The van der Waals surface area contributed by atoms with E-state index >= 15 is 0 Å². The summed E-state index contributed by atoms with van der Waals surface area (Å²) in [5, 5.41) is 12.4. The summed E-state index contributed by atoms with van der Waals surface area (Å²) in [6.07, 6.45) is 6.59. The van der Waals surface area contributed by atoms with Crippen molar-refractivity contribution in [1.29, 1.82) is 0 Å². The summed E-state index contributed by atoms with van der Waals surface area (Å²) in [5.41, 5.74) is 0. The third-order valence-electron chi connectivity index (χ3n) is 3.81. The van der Waals surface area contributed by atoms with Crippen LogP contribution in [-0.4, -0.2) is 24.8 Å². The van der Waals surface area contributed by atoms with Crippen LogP contribution in [0.4, 0.5) is 0 Å². The molecular weight excluding hydrogens is 186 g/mol. The molecule has 2 N–H and O–H groups in total. The molecule has 0 radical (unpaired) electrons. The standard InChI is InChI=1S/C13H27NO/c1-11(7-8-15)9-14-10-13-6-4-3-5-12(13)2/h11-15H,3-10H2,1-2H3/t11-,12-,13-/m1/s1. The summed E-state index contributed by atoms with van der Waals surface area (Å²) in [4.78, 5) is 0. The van der Waals surface area contributed by atoms with E-state index < -0.39 is 0 Å². The molecule has 1 aliphatic rings. The fraction of sp³-hybridized carbons (Fsp3) is 1.00. The van der Waals surface area contributed by atoms with Crippen molar-refractivity contribution < 1.29 is 5.11 Å². The summed E-state index contributed by atoms with van der Waals surface area (Å²) in [6.45, 7) is 7.15. The van der Waals surface area contributed by atoms with Gasteiger partial charge in [-0.2, -0.15) is 0 Å². The second-order valence-corrected chi connectivity index (χ2v) is 5.30. The molecule has 15 heavy (non-hydrogen) atoms. The number of hydrogen-bond acceptors (Lipinski definition) is 2. The highest BCUT2D eigenvalue weighted by atomic mass is 16.3. The van der Waals surface area contributed by atoms with Gasteiger partial charge in [-0.05, 0) is 43.7 Å². The van der Waals surface area contributed by atoms with Crippen LogP contribution in [0.15, 0.2) is 0 Å². The highest BCUT2D eigenvalue weighted by Gasteiger charge is 2.20. The number of nitrogens with one attached hydrogen (secondary N) is 1. The smallest absolute Gasteiger partial charge is 0.0434 e. The minimum absolute atomic E-state index is 0.322. The van der Waals surface area contributed by atoms with Gasteiger partial charge in [-0.25, -0.2) is 0 Å². The summed E-state index contributed by atoms with van der Waals surface area (Å²) < 4.78 is 0. The van der Waals surface area contributed by atoms with Crippen LogP contribution in [0.5, 0.6) is 0 Å². The molecular formula is C13H27NO. The van der Waals surface area contributed by atoms with Gasteiger partial charge in [-0.1, -0.05) is 33.1 Å². The molecule has 0 aromatic rings. The molecule has 0 heterocycles. The Kier molecular flexibility index (Phi) is 6.26. The fourth-order valence-electron chi connectivity index (χ4n) is 2.53. The van der Waals surface area contributed by atoms with Crippen molar-refractivity contribution in [3.8, 4) is 0 Å². The Balaban J connectivity index is 2.08. The summed E-state index contributed by atoms with van der Waals surface area (Å²) in [5.74, 6) is 2.40. The fourth-order valence-corrected chi connectivity index (χ4v) is 2.53. The van der Waals surface area contributed by atoms with Crippen LogP contribution in [-0.2, 0) is 0 Å². The van der Waals surface area contributed by atoms with Crippen molar-refractivity contribution in [3.05, 3.63) is 0 Å². The van der Waals surface area contributed by atoms with Gasteiger partial charge in [0.1, 0.15) is 0 Å². The minimum atomic E-state index is 0.322. The second-order valence-electron chi connectivity index (χ2n) is 5.30. The lowest BCUT2D eigenvalue weighted by Gasteiger charge is -2.29. The molecule has 90 valence electrons. The van der Waals surface area contributed by atoms with Crippen LogP contribution in [0.2, 0.25) is 0 Å². The first-order chi connectivity index (χ1) is 7.24. The van der Waals surface area contributed by atoms with E-state index in [1.807, 2.05) is 0 Å². The molecule has 2 nitrogen and oxygen atoms in total. The molecule has 0 bridgehead atoms. The monoisotopic (exact) mass is 213 g/mol. The lowest BCUT2D eigenvalue weighted by molar-refractivity contribution is 0.235. The first-order valence-corrected chi connectivity index (χ1v) is 6.55. The van der Waals surface area contributed by atoms with Gasteiger partial charge >= 0.3 is 0 Å². The molecule has 1 rings (SSSR count). The average molecular weight is 213 g/mol. The van der Waals surface area contributed by atoms with Crippen molar-refractivity contribution in [2.45, 2.75) is 46.0 Å². The quantitative estimate of drug-likeness (QED) is 0.710. The van der Waals surface area contributed by atoms with Crippen LogP contribution < -0.4 is 5.32 Å². The molecule has 0 aliphatic heterocycles. The van der Waals surface area contributed by atoms with Crippen LogP contribution in [0, 0.1) is 17.8 Å². The van der Waals surface area contributed by atoms with E-state index in [9.17, 15) is 0 Å². The molecule has 0 unspecified atom stereocenters. The van der Waals surface area contributed by atoms with E-state index in [0.717, 1.165) is 24.8 Å². The third-order valence-corrected chi connectivity index (χ3v) is 3.81. The first kappa shape index (κ1) is 13.0. The van der Waals surface area contributed by atoms with E-state index in [1.54, 1.807) is 0 Å². The zero-order chi connectivity index (χ0) is 11.1. The highest BCUT2D eigenvalue weighted by molar-refractivity contribution is 4.74. The lowest BCUT2D eigenvalue weighted by atomic mass is 9.80.